The van der Waals surface area contributed by atoms with Crippen molar-refractivity contribution in [3.05, 3.63) is 22.2 Å². The van der Waals surface area contributed by atoms with Crippen LogP contribution in [0.4, 0.5) is 21.0 Å². The van der Waals surface area contributed by atoms with Crippen molar-refractivity contribution in [2.24, 2.45) is 0 Å². The average molecular weight is 398 g/mol. The number of imide groups is 1. The number of amides is 2. The normalized spacial score (nSPS) is 11.4. The Morgan fingerprint density at radius 2 is 1.29 bits per heavy atom. The van der Waals surface area contributed by atoms with Gasteiger partial charge in [-0.3, -0.25) is 10.1 Å². The second kappa shape index (κ2) is 8.32. The van der Waals surface area contributed by atoms with Gasteiger partial charge in [0.2, 0.25) is 0 Å². The van der Waals surface area contributed by atoms with Gasteiger partial charge in [-0.25, -0.2) is 9.59 Å². The second-order valence-corrected chi connectivity index (χ2v) is 7.75. The Morgan fingerprint density at radius 3 is 1.61 bits per heavy atom. The van der Waals surface area contributed by atoms with Crippen LogP contribution >= 0.6 is 0 Å². The molecule has 0 spiro atoms. The molecule has 1 rings (SSSR count). The van der Waals surface area contributed by atoms with Gasteiger partial charge in [0, 0.05) is 6.07 Å². The number of hydrogen-bond acceptors (Lipinski definition) is 8. The standard InChI is InChI=1S/C18H26N2O8/c1-17(2,3)27-15(21)19(16(22)28-18(4,5)6)11-9-13(25-7)14(26-8)10-12(11)20(23)24/h9-10H,1-8H3. The van der Waals surface area contributed by atoms with E-state index in [9.17, 15) is 19.7 Å². The summed E-state index contributed by atoms with van der Waals surface area (Å²) in [6, 6.07) is 2.20. The molecule has 1 aromatic carbocycles. The summed E-state index contributed by atoms with van der Waals surface area (Å²) in [5.74, 6) is 0.145. The number of anilines is 1. The van der Waals surface area contributed by atoms with Crippen LogP contribution in [0.1, 0.15) is 41.5 Å². The number of rotatable bonds is 4. The number of nitrogens with zero attached hydrogens (tertiary/aromatic N) is 2. The molecule has 156 valence electrons. The largest absolute Gasteiger partial charge is 0.493 e. The number of hydrogen-bond donors (Lipinski definition) is 0. The maximum Gasteiger partial charge on any atom is 0.424 e. The van der Waals surface area contributed by atoms with E-state index in [1.54, 1.807) is 41.5 Å². The zero-order chi connectivity index (χ0) is 21.9. The van der Waals surface area contributed by atoms with Gasteiger partial charge in [-0.05, 0) is 41.5 Å². The van der Waals surface area contributed by atoms with Crippen LogP contribution in [0.25, 0.3) is 0 Å². The lowest BCUT2D eigenvalue weighted by atomic mass is 10.2. The molecular formula is C18H26N2O8. The third-order valence-corrected chi connectivity index (χ3v) is 3.07. The zero-order valence-electron chi connectivity index (χ0n) is 17.3. The molecule has 0 atom stereocenters. The molecule has 28 heavy (non-hydrogen) atoms. The van der Waals surface area contributed by atoms with E-state index in [0.29, 0.717) is 4.90 Å². The highest BCUT2D eigenvalue weighted by atomic mass is 16.6. The molecule has 0 aliphatic rings. The Balaban J connectivity index is 3.66. The maximum atomic E-state index is 12.7. The minimum absolute atomic E-state index is 0.0614. The van der Waals surface area contributed by atoms with Crippen molar-refractivity contribution < 1.29 is 33.5 Å². The molecule has 2 amide bonds. The number of ether oxygens (including phenoxy) is 4. The average Bonchev–Trinajstić information content (AvgIpc) is 2.50. The molecule has 0 radical (unpaired) electrons. The van der Waals surface area contributed by atoms with Crippen LogP contribution < -0.4 is 14.4 Å². The molecule has 0 heterocycles. The Labute approximate surface area is 163 Å². The van der Waals surface area contributed by atoms with Gasteiger partial charge in [-0.15, -0.1) is 0 Å². The van der Waals surface area contributed by atoms with Crippen LogP contribution in [0.3, 0.4) is 0 Å². The van der Waals surface area contributed by atoms with Gasteiger partial charge in [-0.2, -0.15) is 4.90 Å². The minimum atomic E-state index is -1.13. The fraction of sp³-hybridized carbons (Fsp3) is 0.556. The quantitative estimate of drug-likeness (QED) is 0.544. The van der Waals surface area contributed by atoms with Crippen LogP contribution in [0.2, 0.25) is 0 Å². The number of nitro groups is 1. The first-order chi connectivity index (χ1) is 12.7. The highest BCUT2D eigenvalue weighted by Crippen LogP contribution is 2.40. The van der Waals surface area contributed by atoms with Crippen LogP contribution in [-0.4, -0.2) is 42.5 Å². The van der Waals surface area contributed by atoms with Crippen LogP contribution in [0.15, 0.2) is 12.1 Å². The Bertz CT molecular complexity index is 734. The zero-order valence-corrected chi connectivity index (χ0v) is 17.3. The van der Waals surface area contributed by atoms with Crippen molar-refractivity contribution in [1.82, 2.24) is 0 Å². The second-order valence-electron chi connectivity index (χ2n) is 7.75. The summed E-state index contributed by atoms with van der Waals surface area (Å²) >= 11 is 0. The monoisotopic (exact) mass is 398 g/mol. The first-order valence-electron chi connectivity index (χ1n) is 8.36. The van der Waals surface area contributed by atoms with E-state index in [1.165, 1.54) is 14.2 Å². The SMILES string of the molecule is COc1cc(N(C(=O)OC(C)(C)C)C(=O)OC(C)(C)C)c([N+](=O)[O-])cc1OC. The van der Waals surface area contributed by atoms with E-state index in [1.807, 2.05) is 0 Å². The summed E-state index contributed by atoms with van der Waals surface area (Å²) in [7, 11) is 2.62. The molecule has 0 aliphatic carbocycles. The third-order valence-electron chi connectivity index (χ3n) is 3.07. The smallest absolute Gasteiger partial charge is 0.424 e. The molecule has 0 fully saturated rings. The highest BCUT2D eigenvalue weighted by molar-refractivity contribution is 6.11. The lowest BCUT2D eigenvalue weighted by molar-refractivity contribution is -0.384. The van der Waals surface area contributed by atoms with E-state index < -0.39 is 34.0 Å². The Morgan fingerprint density at radius 1 is 0.893 bits per heavy atom. The molecule has 0 N–H and O–H groups in total. The molecule has 0 unspecified atom stereocenters. The minimum Gasteiger partial charge on any atom is -0.493 e. The molecule has 10 heteroatoms. The van der Waals surface area contributed by atoms with Crippen LogP contribution in [0.5, 0.6) is 11.5 Å². The number of methoxy groups -OCH3 is 2. The van der Waals surface area contributed by atoms with Crippen LogP contribution in [0, 0.1) is 10.1 Å². The van der Waals surface area contributed by atoms with E-state index >= 15 is 0 Å². The van der Waals surface area contributed by atoms with Crippen molar-refractivity contribution in [3.8, 4) is 11.5 Å². The van der Waals surface area contributed by atoms with E-state index in [0.717, 1.165) is 12.1 Å². The number of carbonyl (C=O) groups excluding carboxylic acids is 2. The van der Waals surface area contributed by atoms with Gasteiger partial charge in [0.05, 0.1) is 25.2 Å². The van der Waals surface area contributed by atoms with Crippen molar-refractivity contribution in [2.45, 2.75) is 52.7 Å². The van der Waals surface area contributed by atoms with E-state index in [-0.39, 0.29) is 17.2 Å². The Hall–Kier alpha value is -3.04. The number of benzene rings is 1. The number of carbonyl (C=O) groups is 2. The van der Waals surface area contributed by atoms with Gasteiger partial charge in [-0.1, -0.05) is 0 Å². The molecule has 10 nitrogen and oxygen atoms in total. The summed E-state index contributed by atoms with van der Waals surface area (Å²) in [4.78, 5) is 36.8. The molecule has 0 aliphatic heterocycles. The summed E-state index contributed by atoms with van der Waals surface area (Å²) in [5.41, 5.74) is -2.84. The van der Waals surface area contributed by atoms with Gasteiger partial charge < -0.3 is 18.9 Å². The highest BCUT2D eigenvalue weighted by Gasteiger charge is 2.37. The lowest BCUT2D eigenvalue weighted by Crippen LogP contribution is -2.44. The van der Waals surface area contributed by atoms with Gasteiger partial charge in [0.1, 0.15) is 16.9 Å². The summed E-state index contributed by atoms with van der Waals surface area (Å²) in [5, 5.41) is 11.6. The topological polar surface area (TPSA) is 117 Å². The van der Waals surface area contributed by atoms with Crippen LogP contribution in [-0.2, 0) is 9.47 Å². The van der Waals surface area contributed by atoms with Crippen molar-refractivity contribution in [2.75, 3.05) is 19.1 Å². The molecule has 0 aromatic heterocycles. The fourth-order valence-electron chi connectivity index (χ4n) is 2.07. The van der Waals surface area contributed by atoms with Gasteiger partial charge >= 0.3 is 12.2 Å². The maximum absolute atomic E-state index is 12.7. The molecule has 0 saturated carbocycles. The summed E-state index contributed by atoms with van der Waals surface area (Å²) in [6.45, 7) is 9.59. The van der Waals surface area contributed by atoms with Crippen molar-refractivity contribution >= 4 is 23.6 Å². The Kier molecular flexibility index (Phi) is 6.84. The first kappa shape index (κ1) is 23.0. The predicted molar refractivity (Wildman–Crippen MR) is 101 cm³/mol. The third kappa shape index (κ3) is 6.00. The molecule has 0 bridgehead atoms. The van der Waals surface area contributed by atoms with Gasteiger partial charge in [0.15, 0.2) is 11.5 Å². The van der Waals surface area contributed by atoms with E-state index in [4.69, 9.17) is 18.9 Å². The summed E-state index contributed by atoms with van der Waals surface area (Å²) < 4.78 is 20.7. The number of nitro benzene ring substituents is 1. The van der Waals surface area contributed by atoms with Gasteiger partial charge in [0.25, 0.3) is 5.69 Å². The molecular weight excluding hydrogens is 372 g/mol. The fourth-order valence-corrected chi connectivity index (χ4v) is 2.07. The van der Waals surface area contributed by atoms with Crippen molar-refractivity contribution in [1.29, 1.82) is 0 Å². The van der Waals surface area contributed by atoms with E-state index in [2.05, 4.69) is 0 Å². The summed E-state index contributed by atoms with van der Waals surface area (Å²) in [6.07, 6.45) is -2.26. The predicted octanol–water partition coefficient (Wildman–Crippen LogP) is 4.29. The first-order valence-corrected chi connectivity index (χ1v) is 8.36. The van der Waals surface area contributed by atoms with Crippen molar-refractivity contribution in [3.63, 3.8) is 0 Å². The molecule has 0 saturated heterocycles. The molecule has 1 aromatic rings. The lowest BCUT2D eigenvalue weighted by Gasteiger charge is -2.28.